The number of ether oxygens (including phenoxy) is 1. The van der Waals surface area contributed by atoms with E-state index in [9.17, 15) is 24.8 Å². The average molecular weight is 561 g/mol. The number of carboxylic acids is 1. The van der Waals surface area contributed by atoms with Crippen LogP contribution in [0.1, 0.15) is 21.5 Å². The van der Waals surface area contributed by atoms with Gasteiger partial charge in [-0.15, -0.1) is 0 Å². The van der Waals surface area contributed by atoms with Crippen molar-refractivity contribution in [3.63, 3.8) is 0 Å². The van der Waals surface area contributed by atoms with Gasteiger partial charge in [-0.2, -0.15) is 9.78 Å². The molecule has 0 aliphatic rings. The molecule has 0 saturated heterocycles. The van der Waals surface area contributed by atoms with Crippen LogP contribution in [0.15, 0.2) is 111 Å². The van der Waals surface area contributed by atoms with Gasteiger partial charge in [-0.05, 0) is 54.1 Å². The Kier molecular flexibility index (Phi) is 6.73. The van der Waals surface area contributed by atoms with E-state index in [1.165, 1.54) is 30.5 Å². The third-order valence-corrected chi connectivity index (χ3v) is 6.47. The molecule has 6 rings (SSSR count). The summed E-state index contributed by atoms with van der Waals surface area (Å²) in [5, 5.41) is 26.6. The lowest BCUT2D eigenvalue weighted by Crippen LogP contribution is -2.20. The van der Waals surface area contributed by atoms with Gasteiger partial charge in [0.2, 0.25) is 5.82 Å². The maximum absolute atomic E-state index is 13.5. The maximum atomic E-state index is 13.5. The van der Waals surface area contributed by atoms with E-state index >= 15 is 0 Å². The minimum absolute atomic E-state index is 0.00891. The first-order chi connectivity index (χ1) is 20.4. The number of hydrogen-bond acceptors (Lipinski definition) is 8. The standard InChI is InChI=1S/C31H20N4O7/c36-30-23-9-2-3-10-24(23)33-29(28-16-21-7-1-4-11-26(21)42-28)34(30)32-17-19-12-13-27(25(15-19)35(39)40)41-18-20-6-5-8-22(14-20)31(37)38/h1-17H,18H2,(H,37,38). The number of nitro benzene ring substituents is 1. The highest BCUT2D eigenvalue weighted by Crippen LogP contribution is 2.29. The summed E-state index contributed by atoms with van der Waals surface area (Å²) < 4.78 is 12.7. The highest BCUT2D eigenvalue weighted by Gasteiger charge is 2.18. The summed E-state index contributed by atoms with van der Waals surface area (Å²) in [5.74, 6) is -0.594. The van der Waals surface area contributed by atoms with E-state index in [-0.39, 0.29) is 29.4 Å². The monoisotopic (exact) mass is 560 g/mol. The number of para-hydroxylation sites is 2. The van der Waals surface area contributed by atoms with Crippen LogP contribution in [0.5, 0.6) is 5.75 Å². The Morgan fingerprint density at radius 3 is 2.64 bits per heavy atom. The third-order valence-electron chi connectivity index (χ3n) is 6.47. The number of benzene rings is 4. The lowest BCUT2D eigenvalue weighted by Gasteiger charge is -2.09. The predicted octanol–water partition coefficient (Wildman–Crippen LogP) is 5.88. The van der Waals surface area contributed by atoms with Crippen molar-refractivity contribution in [2.24, 2.45) is 5.10 Å². The topological polar surface area (TPSA) is 150 Å². The van der Waals surface area contributed by atoms with Crippen LogP contribution in [0.3, 0.4) is 0 Å². The molecule has 0 saturated carbocycles. The number of fused-ring (bicyclic) bond motifs is 2. The maximum Gasteiger partial charge on any atom is 0.335 e. The normalized spacial score (nSPS) is 11.3. The van der Waals surface area contributed by atoms with Crippen molar-refractivity contribution in [2.75, 3.05) is 0 Å². The van der Waals surface area contributed by atoms with Crippen molar-refractivity contribution < 1.29 is 24.0 Å². The second kappa shape index (κ2) is 10.8. The Morgan fingerprint density at radius 1 is 1.02 bits per heavy atom. The van der Waals surface area contributed by atoms with Crippen LogP contribution < -0.4 is 10.3 Å². The van der Waals surface area contributed by atoms with Gasteiger partial charge in [0.25, 0.3) is 5.56 Å². The molecule has 11 heteroatoms. The number of rotatable bonds is 8. The second-order valence-corrected chi connectivity index (χ2v) is 9.24. The lowest BCUT2D eigenvalue weighted by atomic mass is 10.1. The molecule has 0 bridgehead atoms. The summed E-state index contributed by atoms with van der Waals surface area (Å²) in [7, 11) is 0. The first kappa shape index (κ1) is 26.1. The van der Waals surface area contributed by atoms with E-state index < -0.39 is 16.5 Å². The van der Waals surface area contributed by atoms with E-state index in [1.54, 1.807) is 54.6 Å². The summed E-state index contributed by atoms with van der Waals surface area (Å²) in [5.41, 5.74) is 1.27. The number of carboxylic acid groups (broad SMARTS) is 1. The first-order valence-corrected chi connectivity index (χ1v) is 12.7. The highest BCUT2D eigenvalue weighted by atomic mass is 16.6. The zero-order chi connectivity index (χ0) is 29.2. The number of hydrogen-bond donors (Lipinski definition) is 1. The SMILES string of the molecule is O=C(O)c1cccc(COc2ccc(C=Nn3c(-c4cc5ccccc5o4)nc4ccccc4c3=O)cc2[N+](=O)[O-])c1. The molecule has 0 aliphatic heterocycles. The largest absolute Gasteiger partial charge is 0.482 e. The summed E-state index contributed by atoms with van der Waals surface area (Å²) in [6.07, 6.45) is 1.32. The molecule has 0 aliphatic carbocycles. The van der Waals surface area contributed by atoms with E-state index in [0.717, 1.165) is 10.1 Å². The average Bonchev–Trinajstić information content (AvgIpc) is 3.44. The van der Waals surface area contributed by atoms with E-state index in [2.05, 4.69) is 10.1 Å². The van der Waals surface area contributed by atoms with Crippen LogP contribution in [0.25, 0.3) is 33.5 Å². The Morgan fingerprint density at radius 2 is 1.83 bits per heavy atom. The Labute approximate surface area is 236 Å². The third kappa shape index (κ3) is 5.09. The fourth-order valence-electron chi connectivity index (χ4n) is 4.44. The van der Waals surface area contributed by atoms with Crippen LogP contribution in [-0.4, -0.2) is 31.9 Å². The molecule has 0 fully saturated rings. The molecule has 0 spiro atoms. The minimum Gasteiger partial charge on any atom is -0.482 e. The molecule has 0 radical (unpaired) electrons. The fourth-order valence-corrected chi connectivity index (χ4v) is 4.44. The molecule has 0 atom stereocenters. The zero-order valence-corrected chi connectivity index (χ0v) is 21.7. The summed E-state index contributed by atoms with van der Waals surface area (Å²) >= 11 is 0. The van der Waals surface area contributed by atoms with Crippen LogP contribution in [0, 0.1) is 10.1 Å². The lowest BCUT2D eigenvalue weighted by molar-refractivity contribution is -0.385. The highest BCUT2D eigenvalue weighted by molar-refractivity contribution is 5.88. The second-order valence-electron chi connectivity index (χ2n) is 9.24. The van der Waals surface area contributed by atoms with Crippen LogP contribution in [0.2, 0.25) is 0 Å². The van der Waals surface area contributed by atoms with Gasteiger partial charge in [-0.25, -0.2) is 9.78 Å². The minimum atomic E-state index is -1.09. The van der Waals surface area contributed by atoms with Gasteiger partial charge in [-0.1, -0.05) is 42.5 Å². The molecule has 4 aromatic carbocycles. The Bertz CT molecular complexity index is 2060. The van der Waals surface area contributed by atoms with Crippen LogP contribution in [0.4, 0.5) is 5.69 Å². The molecule has 0 amide bonds. The molecule has 6 aromatic rings. The molecule has 11 nitrogen and oxygen atoms in total. The number of aromatic nitrogens is 2. The Hall–Kier alpha value is -6.10. The van der Waals surface area contributed by atoms with Gasteiger partial charge in [-0.3, -0.25) is 14.9 Å². The van der Waals surface area contributed by atoms with E-state index in [1.807, 2.05) is 18.2 Å². The number of carbonyl (C=O) groups is 1. The quantitative estimate of drug-likeness (QED) is 0.138. The van der Waals surface area contributed by atoms with Gasteiger partial charge < -0.3 is 14.3 Å². The van der Waals surface area contributed by atoms with E-state index in [4.69, 9.17) is 9.15 Å². The summed E-state index contributed by atoms with van der Waals surface area (Å²) in [4.78, 5) is 40.6. The summed E-state index contributed by atoms with van der Waals surface area (Å²) in [6.45, 7) is -0.0750. The fraction of sp³-hybridized carbons (Fsp3) is 0.0323. The molecule has 42 heavy (non-hydrogen) atoms. The molecular formula is C31H20N4O7. The molecular weight excluding hydrogens is 540 g/mol. The van der Waals surface area contributed by atoms with Crippen LogP contribution >= 0.6 is 0 Å². The molecule has 1 N–H and O–H groups in total. The van der Waals surface area contributed by atoms with Crippen LogP contribution in [-0.2, 0) is 6.61 Å². The van der Waals surface area contributed by atoms with Crippen molar-refractivity contribution in [3.05, 3.63) is 134 Å². The predicted molar refractivity (Wildman–Crippen MR) is 155 cm³/mol. The number of furan rings is 1. The first-order valence-electron chi connectivity index (χ1n) is 12.7. The van der Waals surface area contributed by atoms with Crippen molar-refractivity contribution in [1.82, 2.24) is 9.66 Å². The Balaban J connectivity index is 1.36. The van der Waals surface area contributed by atoms with E-state index in [0.29, 0.717) is 33.4 Å². The van der Waals surface area contributed by atoms with Gasteiger partial charge in [0.1, 0.15) is 12.2 Å². The van der Waals surface area contributed by atoms with Crippen molar-refractivity contribution >= 4 is 39.7 Å². The molecule has 2 heterocycles. The van der Waals surface area contributed by atoms with Gasteiger partial charge in [0.15, 0.2) is 11.5 Å². The summed E-state index contributed by atoms with van der Waals surface area (Å²) in [6, 6.07) is 26.4. The zero-order valence-electron chi connectivity index (χ0n) is 21.7. The number of nitro groups is 1. The van der Waals surface area contributed by atoms with Gasteiger partial charge >= 0.3 is 11.7 Å². The van der Waals surface area contributed by atoms with Gasteiger partial charge in [0.05, 0.1) is 27.6 Å². The van der Waals surface area contributed by atoms with Gasteiger partial charge in [0, 0.05) is 17.0 Å². The smallest absolute Gasteiger partial charge is 0.335 e. The number of nitrogens with zero attached hydrogens (tertiary/aromatic N) is 4. The molecule has 0 unspecified atom stereocenters. The van der Waals surface area contributed by atoms with Crippen molar-refractivity contribution in [1.29, 1.82) is 0 Å². The number of aromatic carboxylic acids is 1. The molecule has 206 valence electrons. The van der Waals surface area contributed by atoms with Crippen molar-refractivity contribution in [2.45, 2.75) is 6.61 Å². The van der Waals surface area contributed by atoms with Crippen molar-refractivity contribution in [3.8, 4) is 17.3 Å². The molecule has 2 aromatic heterocycles.